The van der Waals surface area contributed by atoms with Crippen LogP contribution in [0.3, 0.4) is 0 Å². The molecule has 6 heteroatoms. The topological polar surface area (TPSA) is 75.4 Å². The number of phenolic OH excluding ortho intramolecular Hbond substituents is 1. The number of carbonyl (C=O) groups is 1. The number of halogens is 1. The smallest absolute Gasteiger partial charge is 0.234 e. The Morgan fingerprint density at radius 1 is 1.03 bits per heavy atom. The highest BCUT2D eigenvalue weighted by molar-refractivity contribution is 6.30. The Kier molecular flexibility index (Phi) is 6.57. The van der Waals surface area contributed by atoms with Crippen molar-refractivity contribution in [1.29, 1.82) is 0 Å². The second-order valence-electron chi connectivity index (χ2n) is 7.46. The van der Waals surface area contributed by atoms with E-state index in [1.165, 1.54) is 6.07 Å². The van der Waals surface area contributed by atoms with Gasteiger partial charge in [0, 0.05) is 21.7 Å². The molecule has 0 fully saturated rings. The van der Waals surface area contributed by atoms with Gasteiger partial charge in [-0.05, 0) is 30.7 Å². The minimum Gasteiger partial charge on any atom is -0.508 e. The summed E-state index contributed by atoms with van der Waals surface area (Å²) in [6.07, 6.45) is 1.32. The first-order valence-corrected chi connectivity index (χ1v) is 10.9. The van der Waals surface area contributed by atoms with Crippen molar-refractivity contribution in [2.75, 3.05) is 5.32 Å². The van der Waals surface area contributed by atoms with Gasteiger partial charge < -0.3 is 9.52 Å². The number of phenols is 1. The van der Waals surface area contributed by atoms with Crippen LogP contribution in [0.15, 0.2) is 83.3 Å². The minimum atomic E-state index is -0.564. The summed E-state index contributed by atoms with van der Waals surface area (Å²) in [6, 6.07) is 23.9. The van der Waals surface area contributed by atoms with E-state index in [9.17, 15) is 9.90 Å². The molecule has 2 N–H and O–H groups in total. The van der Waals surface area contributed by atoms with Crippen LogP contribution in [0.1, 0.15) is 31.2 Å². The zero-order chi connectivity index (χ0) is 22.5. The van der Waals surface area contributed by atoms with Crippen molar-refractivity contribution in [2.45, 2.75) is 25.7 Å². The largest absolute Gasteiger partial charge is 0.508 e. The second-order valence-corrected chi connectivity index (χ2v) is 7.90. The Bertz CT molecular complexity index is 1210. The summed E-state index contributed by atoms with van der Waals surface area (Å²) in [5, 5.41) is 13.7. The van der Waals surface area contributed by atoms with Gasteiger partial charge in [0.1, 0.15) is 11.4 Å². The van der Waals surface area contributed by atoms with E-state index < -0.39 is 5.92 Å². The summed E-state index contributed by atoms with van der Waals surface area (Å²) in [7, 11) is 0. The summed E-state index contributed by atoms with van der Waals surface area (Å²) in [6.45, 7) is 1.99. The van der Waals surface area contributed by atoms with Crippen LogP contribution in [-0.4, -0.2) is 16.0 Å². The molecule has 0 aliphatic rings. The molecular formula is C26H23ClN2O3. The predicted octanol–water partition coefficient (Wildman–Crippen LogP) is 6.89. The van der Waals surface area contributed by atoms with E-state index in [0.717, 1.165) is 17.5 Å². The number of aromatic nitrogens is 1. The maximum Gasteiger partial charge on any atom is 0.234 e. The van der Waals surface area contributed by atoms with Gasteiger partial charge in [0.25, 0.3) is 0 Å². The van der Waals surface area contributed by atoms with Crippen molar-refractivity contribution >= 4 is 23.4 Å². The monoisotopic (exact) mass is 446 g/mol. The van der Waals surface area contributed by atoms with E-state index >= 15 is 0 Å². The quantitative estimate of drug-likeness (QED) is 0.324. The molecule has 0 aliphatic heterocycles. The number of amides is 1. The summed E-state index contributed by atoms with van der Waals surface area (Å²) in [5.41, 5.74) is 2.71. The number of hydrogen-bond acceptors (Lipinski definition) is 4. The van der Waals surface area contributed by atoms with E-state index in [1.54, 1.807) is 12.1 Å². The van der Waals surface area contributed by atoms with Gasteiger partial charge in [0.15, 0.2) is 0 Å². The molecule has 1 amide bonds. The third-order valence-electron chi connectivity index (χ3n) is 5.19. The first kappa shape index (κ1) is 21.7. The molecule has 3 aromatic carbocycles. The van der Waals surface area contributed by atoms with E-state index in [-0.39, 0.29) is 17.5 Å². The Morgan fingerprint density at radius 3 is 2.31 bits per heavy atom. The number of rotatable bonds is 7. The SMILES string of the molecule is CCCC(C(=O)Nc1oc(-c2ccccc2)nc1-c1ccccc1)c1ccc(Cl)cc1O. The third kappa shape index (κ3) is 4.68. The summed E-state index contributed by atoms with van der Waals surface area (Å²) in [4.78, 5) is 18.0. The van der Waals surface area contributed by atoms with Gasteiger partial charge in [-0.3, -0.25) is 10.1 Å². The van der Waals surface area contributed by atoms with E-state index in [0.29, 0.717) is 28.6 Å². The Labute approximate surface area is 191 Å². The summed E-state index contributed by atoms with van der Waals surface area (Å²) >= 11 is 5.97. The standard InChI is InChI=1S/C26H23ClN2O3/c1-2-9-21(20-15-14-19(27)16-22(20)30)24(31)29-26-23(17-10-5-3-6-11-17)28-25(32-26)18-12-7-4-8-13-18/h3-8,10-16,21,30H,2,9H2,1H3,(H,29,31). The highest BCUT2D eigenvalue weighted by Gasteiger charge is 2.26. The maximum absolute atomic E-state index is 13.3. The zero-order valence-electron chi connectivity index (χ0n) is 17.6. The van der Waals surface area contributed by atoms with Gasteiger partial charge in [-0.15, -0.1) is 0 Å². The van der Waals surface area contributed by atoms with Gasteiger partial charge in [-0.25, -0.2) is 4.98 Å². The van der Waals surface area contributed by atoms with Crippen LogP contribution < -0.4 is 5.32 Å². The fourth-order valence-corrected chi connectivity index (χ4v) is 3.79. The van der Waals surface area contributed by atoms with Crippen LogP contribution in [0.2, 0.25) is 5.02 Å². The number of nitrogens with zero attached hydrogens (tertiary/aromatic N) is 1. The molecule has 0 bridgehead atoms. The van der Waals surface area contributed by atoms with Crippen molar-refractivity contribution in [2.24, 2.45) is 0 Å². The van der Waals surface area contributed by atoms with Crippen molar-refractivity contribution < 1.29 is 14.3 Å². The molecular weight excluding hydrogens is 424 g/mol. The zero-order valence-corrected chi connectivity index (χ0v) is 18.3. The molecule has 1 atom stereocenters. The van der Waals surface area contributed by atoms with E-state index in [4.69, 9.17) is 16.0 Å². The first-order chi connectivity index (χ1) is 15.6. The predicted molar refractivity (Wildman–Crippen MR) is 127 cm³/mol. The van der Waals surface area contributed by atoms with Crippen LogP contribution in [0.25, 0.3) is 22.7 Å². The lowest BCUT2D eigenvalue weighted by molar-refractivity contribution is -0.117. The summed E-state index contributed by atoms with van der Waals surface area (Å²) < 4.78 is 6.01. The number of aromatic hydroxyl groups is 1. The van der Waals surface area contributed by atoms with Crippen LogP contribution >= 0.6 is 11.6 Å². The number of oxazole rings is 1. The lowest BCUT2D eigenvalue weighted by atomic mass is 9.92. The number of hydrogen-bond donors (Lipinski definition) is 2. The normalized spacial score (nSPS) is 11.8. The third-order valence-corrected chi connectivity index (χ3v) is 5.43. The van der Waals surface area contributed by atoms with Crippen LogP contribution in [0.4, 0.5) is 5.88 Å². The number of nitrogens with one attached hydrogen (secondary N) is 1. The molecule has 1 unspecified atom stereocenters. The Hall–Kier alpha value is -3.57. The molecule has 0 saturated carbocycles. The molecule has 162 valence electrons. The highest BCUT2D eigenvalue weighted by atomic mass is 35.5. The number of carbonyl (C=O) groups excluding carboxylic acids is 1. The van der Waals surface area contributed by atoms with Crippen molar-refractivity contribution in [3.05, 3.63) is 89.4 Å². The summed E-state index contributed by atoms with van der Waals surface area (Å²) in [5.74, 6) is -0.156. The van der Waals surface area contributed by atoms with Gasteiger partial charge in [0.05, 0.1) is 5.92 Å². The molecule has 1 heterocycles. The fourth-order valence-electron chi connectivity index (χ4n) is 3.63. The lowest BCUT2D eigenvalue weighted by Crippen LogP contribution is -2.21. The average Bonchev–Trinajstić information content (AvgIpc) is 3.23. The fraction of sp³-hybridized carbons (Fsp3) is 0.154. The van der Waals surface area contributed by atoms with Gasteiger partial charge >= 0.3 is 0 Å². The highest BCUT2D eigenvalue weighted by Crippen LogP contribution is 2.36. The van der Waals surface area contributed by atoms with Crippen molar-refractivity contribution in [1.82, 2.24) is 4.98 Å². The molecule has 1 aromatic heterocycles. The van der Waals surface area contributed by atoms with Crippen LogP contribution in [-0.2, 0) is 4.79 Å². The Balaban J connectivity index is 1.71. The molecule has 32 heavy (non-hydrogen) atoms. The molecule has 0 radical (unpaired) electrons. The molecule has 4 rings (SSSR count). The molecule has 4 aromatic rings. The molecule has 5 nitrogen and oxygen atoms in total. The van der Waals surface area contributed by atoms with Gasteiger partial charge in [-0.1, -0.05) is 79.5 Å². The first-order valence-electron chi connectivity index (χ1n) is 10.5. The molecule has 0 spiro atoms. The average molecular weight is 447 g/mol. The maximum atomic E-state index is 13.3. The number of benzene rings is 3. The second kappa shape index (κ2) is 9.71. The van der Waals surface area contributed by atoms with Gasteiger partial charge in [-0.2, -0.15) is 0 Å². The van der Waals surface area contributed by atoms with E-state index in [2.05, 4.69) is 10.3 Å². The van der Waals surface area contributed by atoms with Crippen molar-refractivity contribution in [3.63, 3.8) is 0 Å². The minimum absolute atomic E-state index is 0.00285. The Morgan fingerprint density at radius 2 is 1.69 bits per heavy atom. The van der Waals surface area contributed by atoms with Crippen molar-refractivity contribution in [3.8, 4) is 28.5 Å². The van der Waals surface area contributed by atoms with Crippen LogP contribution in [0, 0.1) is 0 Å². The number of anilines is 1. The molecule has 0 aliphatic carbocycles. The van der Waals surface area contributed by atoms with Gasteiger partial charge in [0.2, 0.25) is 17.7 Å². The van der Waals surface area contributed by atoms with E-state index in [1.807, 2.05) is 67.6 Å². The van der Waals surface area contributed by atoms with Crippen LogP contribution in [0.5, 0.6) is 5.75 Å². The molecule has 0 saturated heterocycles. The lowest BCUT2D eigenvalue weighted by Gasteiger charge is -2.17.